The fraction of sp³-hybridized carbons (Fsp3) is 0.462. The quantitative estimate of drug-likeness (QED) is 0.809. The predicted molar refractivity (Wildman–Crippen MR) is 88.7 cm³/mol. The Hall–Kier alpha value is -0.960. The minimum atomic E-state index is -3.55. The van der Waals surface area contributed by atoms with Gasteiger partial charge in [-0.15, -0.1) is 22.7 Å². The molecule has 0 spiro atoms. The van der Waals surface area contributed by atoms with Crippen LogP contribution in [0.25, 0.3) is 0 Å². The topological polar surface area (TPSA) is 71.1 Å². The molecule has 2 N–H and O–H groups in total. The molecule has 0 atom stereocenters. The Morgan fingerprint density at radius 1 is 1.33 bits per heavy atom. The van der Waals surface area contributed by atoms with Crippen LogP contribution < -0.4 is 10.0 Å². The van der Waals surface area contributed by atoms with Crippen molar-refractivity contribution in [1.29, 1.82) is 0 Å². The molecule has 5 nitrogen and oxygen atoms in total. The SMILES string of the molecule is CCNCc1cc(S(=O)(=O)Nc2nc(CC)c(C)s2)cs1. The number of hydrogen-bond acceptors (Lipinski definition) is 6. The highest BCUT2D eigenvalue weighted by molar-refractivity contribution is 7.93. The van der Waals surface area contributed by atoms with Crippen molar-refractivity contribution in [2.24, 2.45) is 0 Å². The van der Waals surface area contributed by atoms with Crippen LogP contribution in [0, 0.1) is 6.92 Å². The average Bonchev–Trinajstić information content (AvgIpc) is 3.03. The molecule has 0 aromatic carbocycles. The molecule has 0 aliphatic rings. The Bertz CT molecular complexity index is 704. The molecule has 0 saturated heterocycles. The van der Waals surface area contributed by atoms with E-state index in [-0.39, 0.29) is 0 Å². The van der Waals surface area contributed by atoms with Crippen molar-refractivity contribution in [3.63, 3.8) is 0 Å². The third kappa shape index (κ3) is 4.03. The first-order chi connectivity index (χ1) is 9.96. The lowest BCUT2D eigenvalue weighted by Crippen LogP contribution is -2.12. The van der Waals surface area contributed by atoms with Crippen LogP contribution in [0.1, 0.15) is 29.3 Å². The second-order valence-electron chi connectivity index (χ2n) is 4.51. The molecule has 0 aliphatic carbocycles. The van der Waals surface area contributed by atoms with E-state index < -0.39 is 10.0 Å². The second kappa shape index (κ2) is 6.87. The number of anilines is 1. The van der Waals surface area contributed by atoms with Crippen molar-refractivity contribution in [2.75, 3.05) is 11.3 Å². The van der Waals surface area contributed by atoms with Gasteiger partial charge in [-0.25, -0.2) is 13.4 Å². The van der Waals surface area contributed by atoms with Crippen LogP contribution in [0.4, 0.5) is 5.13 Å². The molecule has 2 aromatic heterocycles. The maximum absolute atomic E-state index is 12.3. The summed E-state index contributed by atoms with van der Waals surface area (Å²) in [7, 11) is -3.55. The lowest BCUT2D eigenvalue weighted by Gasteiger charge is -2.02. The Morgan fingerprint density at radius 3 is 2.71 bits per heavy atom. The van der Waals surface area contributed by atoms with Gasteiger partial charge in [0, 0.05) is 21.7 Å². The third-order valence-corrected chi connectivity index (χ3v) is 6.40. The molecule has 0 saturated carbocycles. The monoisotopic (exact) mass is 345 g/mol. The van der Waals surface area contributed by atoms with Crippen molar-refractivity contribution in [2.45, 2.75) is 38.6 Å². The fourth-order valence-electron chi connectivity index (χ4n) is 1.82. The molecule has 0 amide bonds. The van der Waals surface area contributed by atoms with Crippen molar-refractivity contribution in [3.05, 3.63) is 26.9 Å². The maximum atomic E-state index is 12.3. The minimum absolute atomic E-state index is 0.298. The van der Waals surface area contributed by atoms with Gasteiger partial charge in [0.25, 0.3) is 10.0 Å². The van der Waals surface area contributed by atoms with Crippen LogP contribution >= 0.6 is 22.7 Å². The number of nitrogens with one attached hydrogen (secondary N) is 2. The molecule has 2 rings (SSSR count). The van der Waals surface area contributed by atoms with Gasteiger partial charge in [0.05, 0.1) is 10.6 Å². The number of rotatable bonds is 7. The number of thiazole rings is 1. The first-order valence-electron chi connectivity index (χ1n) is 6.73. The van der Waals surface area contributed by atoms with Crippen molar-refractivity contribution in [1.82, 2.24) is 10.3 Å². The first-order valence-corrected chi connectivity index (χ1v) is 9.91. The molecule has 0 unspecified atom stereocenters. The summed E-state index contributed by atoms with van der Waals surface area (Å²) in [5.41, 5.74) is 0.941. The van der Waals surface area contributed by atoms with Gasteiger partial charge in [-0.05, 0) is 26.0 Å². The van der Waals surface area contributed by atoms with E-state index in [1.54, 1.807) is 11.4 Å². The lowest BCUT2D eigenvalue weighted by molar-refractivity contribution is 0.601. The zero-order chi connectivity index (χ0) is 15.5. The number of thiophene rings is 1. The highest BCUT2D eigenvalue weighted by atomic mass is 32.2. The van der Waals surface area contributed by atoms with Gasteiger partial charge < -0.3 is 5.32 Å². The van der Waals surface area contributed by atoms with E-state index in [2.05, 4.69) is 15.0 Å². The van der Waals surface area contributed by atoms with Gasteiger partial charge in [-0.2, -0.15) is 0 Å². The Kier molecular flexibility index (Phi) is 5.37. The van der Waals surface area contributed by atoms with Crippen LogP contribution in [0.15, 0.2) is 16.3 Å². The van der Waals surface area contributed by atoms with Crippen LogP contribution in [0.5, 0.6) is 0 Å². The molecular formula is C13H19N3O2S3. The molecule has 0 aliphatic heterocycles. The summed E-state index contributed by atoms with van der Waals surface area (Å²) in [6.07, 6.45) is 0.801. The highest BCUT2D eigenvalue weighted by Crippen LogP contribution is 2.26. The van der Waals surface area contributed by atoms with Crippen molar-refractivity contribution in [3.8, 4) is 0 Å². The Morgan fingerprint density at radius 2 is 2.10 bits per heavy atom. The Labute approximate surface area is 133 Å². The molecule has 8 heteroatoms. The van der Waals surface area contributed by atoms with Gasteiger partial charge in [0.1, 0.15) is 0 Å². The Balaban J connectivity index is 2.15. The average molecular weight is 346 g/mol. The maximum Gasteiger partial charge on any atom is 0.264 e. The summed E-state index contributed by atoms with van der Waals surface area (Å²) >= 11 is 2.81. The zero-order valence-corrected chi connectivity index (χ0v) is 14.7. The summed E-state index contributed by atoms with van der Waals surface area (Å²) in [5.74, 6) is 0. The van der Waals surface area contributed by atoms with E-state index in [0.29, 0.717) is 16.6 Å². The number of aromatic nitrogens is 1. The second-order valence-corrected chi connectivity index (χ2v) is 8.39. The zero-order valence-electron chi connectivity index (χ0n) is 12.3. The smallest absolute Gasteiger partial charge is 0.264 e. The molecule has 0 radical (unpaired) electrons. The van der Waals surface area contributed by atoms with E-state index >= 15 is 0 Å². The molecule has 2 aromatic rings. The largest absolute Gasteiger partial charge is 0.312 e. The van der Waals surface area contributed by atoms with Crippen LogP contribution in [-0.4, -0.2) is 19.9 Å². The summed E-state index contributed by atoms with van der Waals surface area (Å²) in [6.45, 7) is 7.52. The van der Waals surface area contributed by atoms with E-state index in [1.165, 1.54) is 22.7 Å². The van der Waals surface area contributed by atoms with E-state index in [4.69, 9.17) is 0 Å². The van der Waals surface area contributed by atoms with Gasteiger partial charge in [0.2, 0.25) is 0 Å². The minimum Gasteiger partial charge on any atom is -0.312 e. The predicted octanol–water partition coefficient (Wildman–Crippen LogP) is 2.99. The van der Waals surface area contributed by atoms with Crippen molar-refractivity contribution < 1.29 is 8.42 Å². The number of nitrogens with zero attached hydrogens (tertiary/aromatic N) is 1. The summed E-state index contributed by atoms with van der Waals surface area (Å²) < 4.78 is 27.2. The first kappa shape index (κ1) is 16.4. The van der Waals surface area contributed by atoms with Crippen LogP contribution in [0.3, 0.4) is 0 Å². The number of sulfonamides is 1. The van der Waals surface area contributed by atoms with E-state index in [1.807, 2.05) is 20.8 Å². The van der Waals surface area contributed by atoms with E-state index in [0.717, 1.165) is 28.4 Å². The number of hydrogen-bond donors (Lipinski definition) is 2. The lowest BCUT2D eigenvalue weighted by atomic mass is 10.3. The van der Waals surface area contributed by atoms with Crippen molar-refractivity contribution >= 4 is 37.8 Å². The standard InChI is InChI=1S/C13H19N3O2S3/c1-4-12-9(3)20-13(15-12)16-21(17,18)11-6-10(19-8-11)7-14-5-2/h6,8,14H,4-5,7H2,1-3H3,(H,15,16). The summed E-state index contributed by atoms with van der Waals surface area (Å²) in [4.78, 5) is 6.66. The van der Waals surface area contributed by atoms with Crippen LogP contribution in [-0.2, 0) is 23.0 Å². The number of aryl methyl sites for hydroxylation is 2. The van der Waals surface area contributed by atoms with Gasteiger partial charge in [-0.1, -0.05) is 13.8 Å². The van der Waals surface area contributed by atoms with Crippen LogP contribution in [0.2, 0.25) is 0 Å². The molecule has 0 bridgehead atoms. The van der Waals surface area contributed by atoms with Gasteiger partial charge in [-0.3, -0.25) is 4.72 Å². The summed E-state index contributed by atoms with van der Waals surface area (Å²) in [5, 5.41) is 5.28. The third-order valence-electron chi connectivity index (χ3n) is 2.94. The molecule has 0 fully saturated rings. The summed E-state index contributed by atoms with van der Waals surface area (Å²) in [6, 6.07) is 1.71. The van der Waals surface area contributed by atoms with Gasteiger partial charge >= 0.3 is 0 Å². The highest BCUT2D eigenvalue weighted by Gasteiger charge is 2.18. The fourth-order valence-corrected chi connectivity index (χ4v) is 5.20. The van der Waals surface area contributed by atoms with E-state index in [9.17, 15) is 8.42 Å². The normalized spacial score (nSPS) is 11.8. The molecular weight excluding hydrogens is 326 g/mol. The molecule has 116 valence electrons. The molecule has 21 heavy (non-hydrogen) atoms. The van der Waals surface area contributed by atoms with Gasteiger partial charge in [0.15, 0.2) is 5.13 Å². The molecule has 2 heterocycles.